The molecule has 0 fully saturated rings. The van der Waals surface area contributed by atoms with Crippen LogP contribution in [0.4, 0.5) is 11.4 Å². The summed E-state index contributed by atoms with van der Waals surface area (Å²) in [7, 11) is 1.53. The lowest BCUT2D eigenvalue weighted by Crippen LogP contribution is -1.99. The minimum Gasteiger partial charge on any atom is -0.693 e. The van der Waals surface area contributed by atoms with E-state index in [0.717, 1.165) is 27.7 Å². The Morgan fingerprint density at radius 1 is 0.955 bits per heavy atom. The average molecular weight is 290 g/mol. The Balaban J connectivity index is 1.78. The summed E-state index contributed by atoms with van der Waals surface area (Å²) in [6.07, 6.45) is -0.324. The van der Waals surface area contributed by atoms with E-state index in [2.05, 4.69) is 12.1 Å². The van der Waals surface area contributed by atoms with Gasteiger partial charge in [0.15, 0.2) is 11.5 Å². The smallest absolute Gasteiger partial charge is 0.160 e. The first-order chi connectivity index (χ1) is 10.8. The van der Waals surface area contributed by atoms with Crippen LogP contribution < -0.4 is 4.74 Å². The minimum atomic E-state index is -0.324. The van der Waals surface area contributed by atoms with E-state index in [4.69, 9.17) is 15.4 Å². The number of hydrogen-bond donors (Lipinski definition) is 1. The van der Waals surface area contributed by atoms with Crippen molar-refractivity contribution in [3.05, 3.63) is 70.8 Å². The van der Waals surface area contributed by atoms with Crippen LogP contribution >= 0.6 is 0 Å². The van der Waals surface area contributed by atoms with Gasteiger partial charge in [0.2, 0.25) is 0 Å². The van der Waals surface area contributed by atoms with Crippen LogP contribution in [-0.4, -0.2) is 12.2 Å². The number of ether oxygens (including phenoxy) is 1. The van der Waals surface area contributed by atoms with Crippen LogP contribution in [0.5, 0.6) is 11.5 Å². The number of hydrogen-bond acceptors (Lipinski definition) is 2. The zero-order chi connectivity index (χ0) is 15.1. The normalized spacial score (nSPS) is 13.5. The molecule has 1 N–H and O–H groups in total. The van der Waals surface area contributed by atoms with Crippen molar-refractivity contribution in [1.82, 2.24) is 0 Å². The maximum Gasteiger partial charge on any atom is 0.160 e. The number of nitrogens with zero attached hydrogens (tertiary/aromatic N) is 2. The molecular weight excluding hydrogens is 276 g/mol. The number of benzene rings is 3. The van der Waals surface area contributed by atoms with Crippen molar-refractivity contribution < 1.29 is 9.84 Å². The third kappa shape index (κ3) is 1.92. The molecule has 3 aromatic rings. The molecule has 1 heterocycles. The van der Waals surface area contributed by atoms with E-state index in [1.807, 2.05) is 30.3 Å². The summed E-state index contributed by atoms with van der Waals surface area (Å²) < 4.78 is 5.17. The van der Waals surface area contributed by atoms with E-state index in [0.29, 0.717) is 5.75 Å². The van der Waals surface area contributed by atoms with Gasteiger partial charge in [-0.05, 0) is 22.9 Å². The Hall–Kier alpha value is -2.88. The zero-order valence-electron chi connectivity index (χ0n) is 12.0. The Labute approximate surface area is 128 Å². The fraction of sp³-hybridized carbons (Fsp3) is 0.111. The van der Waals surface area contributed by atoms with Crippen LogP contribution in [-0.2, 0) is 0 Å². The van der Waals surface area contributed by atoms with Gasteiger partial charge in [-0.15, -0.1) is 11.4 Å². The minimum absolute atomic E-state index is 0.115. The van der Waals surface area contributed by atoms with E-state index in [1.54, 1.807) is 12.1 Å². The number of phenolic OH excluding ortho intramolecular Hbond substituents is 1. The molecule has 0 radical (unpaired) electrons. The lowest BCUT2D eigenvalue weighted by atomic mass is 10.0. The third-order valence-corrected chi connectivity index (χ3v) is 3.89. The highest BCUT2D eigenvalue weighted by Crippen LogP contribution is 2.52. The highest BCUT2D eigenvalue weighted by atomic mass is 16.5. The molecule has 0 bridgehead atoms. The molecule has 4 rings (SSSR count). The zero-order valence-corrected chi connectivity index (χ0v) is 12.0. The van der Waals surface area contributed by atoms with Gasteiger partial charge in [0.1, 0.15) is 0 Å². The molecule has 0 spiro atoms. The summed E-state index contributed by atoms with van der Waals surface area (Å²) in [5.41, 5.74) is 2.78. The SMILES string of the molecule is COc1cc(C2[N-]c3cccc4cccc(c34)[N-]2)ccc1O. The molecule has 0 unspecified atom stereocenters. The van der Waals surface area contributed by atoms with Gasteiger partial charge in [-0.2, -0.15) is 6.17 Å². The van der Waals surface area contributed by atoms with Crippen molar-refractivity contribution in [3.63, 3.8) is 0 Å². The third-order valence-electron chi connectivity index (χ3n) is 3.89. The molecule has 110 valence electrons. The van der Waals surface area contributed by atoms with Gasteiger partial charge < -0.3 is 20.5 Å². The van der Waals surface area contributed by atoms with Crippen molar-refractivity contribution >= 4 is 22.1 Å². The van der Waals surface area contributed by atoms with Gasteiger partial charge in [-0.1, -0.05) is 48.0 Å². The monoisotopic (exact) mass is 290 g/mol. The number of phenols is 1. The maximum atomic E-state index is 9.73. The quantitative estimate of drug-likeness (QED) is 0.698. The Morgan fingerprint density at radius 2 is 1.64 bits per heavy atom. The van der Waals surface area contributed by atoms with Gasteiger partial charge >= 0.3 is 0 Å². The molecule has 0 atom stereocenters. The number of methoxy groups -OCH3 is 1. The van der Waals surface area contributed by atoms with Gasteiger partial charge in [0.05, 0.1) is 7.11 Å². The topological polar surface area (TPSA) is 57.7 Å². The summed E-state index contributed by atoms with van der Waals surface area (Å²) in [6.45, 7) is 0. The second-order valence-corrected chi connectivity index (χ2v) is 5.22. The van der Waals surface area contributed by atoms with Gasteiger partial charge in [-0.3, -0.25) is 0 Å². The molecular formula is C18H14N2O2-2. The van der Waals surface area contributed by atoms with Crippen LogP contribution in [0.1, 0.15) is 11.7 Å². The molecule has 1 aliphatic rings. The molecule has 0 saturated heterocycles. The maximum absolute atomic E-state index is 9.73. The summed E-state index contributed by atoms with van der Waals surface area (Å²) >= 11 is 0. The van der Waals surface area contributed by atoms with Crippen molar-refractivity contribution in [2.45, 2.75) is 6.17 Å². The molecule has 0 aliphatic carbocycles. The number of aromatic hydroxyl groups is 1. The molecule has 4 heteroatoms. The van der Waals surface area contributed by atoms with Crippen molar-refractivity contribution in [3.8, 4) is 11.5 Å². The first-order valence-electron chi connectivity index (χ1n) is 7.06. The van der Waals surface area contributed by atoms with Gasteiger partial charge in [-0.25, -0.2) is 0 Å². The largest absolute Gasteiger partial charge is 0.693 e. The fourth-order valence-corrected chi connectivity index (χ4v) is 2.81. The predicted octanol–water partition coefficient (Wildman–Crippen LogP) is 5.28. The lowest BCUT2D eigenvalue weighted by Gasteiger charge is -2.52. The highest BCUT2D eigenvalue weighted by Gasteiger charge is 2.07. The van der Waals surface area contributed by atoms with Crippen molar-refractivity contribution in [2.75, 3.05) is 7.11 Å². The summed E-state index contributed by atoms with van der Waals surface area (Å²) in [5, 5.41) is 21.4. The van der Waals surface area contributed by atoms with Crippen LogP contribution in [0.2, 0.25) is 0 Å². The summed E-state index contributed by atoms with van der Waals surface area (Å²) in [5.74, 6) is 0.546. The van der Waals surface area contributed by atoms with E-state index in [-0.39, 0.29) is 11.9 Å². The summed E-state index contributed by atoms with van der Waals surface area (Å²) in [6, 6.07) is 17.4. The summed E-state index contributed by atoms with van der Waals surface area (Å²) in [4.78, 5) is 0. The molecule has 1 aliphatic heterocycles. The predicted molar refractivity (Wildman–Crippen MR) is 87.4 cm³/mol. The average Bonchev–Trinajstić information content (AvgIpc) is 2.56. The molecule has 0 aromatic heterocycles. The van der Waals surface area contributed by atoms with Crippen LogP contribution in [0.25, 0.3) is 21.4 Å². The van der Waals surface area contributed by atoms with E-state index < -0.39 is 0 Å². The first-order valence-corrected chi connectivity index (χ1v) is 7.06. The van der Waals surface area contributed by atoms with Gasteiger partial charge in [0, 0.05) is 0 Å². The molecule has 0 saturated carbocycles. The van der Waals surface area contributed by atoms with Crippen LogP contribution in [0.15, 0.2) is 54.6 Å². The first kappa shape index (κ1) is 12.8. The Morgan fingerprint density at radius 3 is 2.27 bits per heavy atom. The van der Waals surface area contributed by atoms with Gasteiger partial charge in [0.25, 0.3) is 0 Å². The Bertz CT molecular complexity index is 820. The van der Waals surface area contributed by atoms with E-state index >= 15 is 0 Å². The van der Waals surface area contributed by atoms with E-state index in [9.17, 15) is 5.11 Å². The standard InChI is InChI=1S/C18H14N2O2/c1-22-16-10-12(8-9-15(16)21)18-19-13-6-2-4-11-5-3-7-14(20-18)17(11)13/h2-10,18,21H,1H3/q-2. The molecule has 3 aromatic carbocycles. The molecule has 22 heavy (non-hydrogen) atoms. The lowest BCUT2D eigenvalue weighted by molar-refractivity contribution is 0.373. The molecule has 0 amide bonds. The van der Waals surface area contributed by atoms with E-state index in [1.165, 1.54) is 7.11 Å². The fourth-order valence-electron chi connectivity index (χ4n) is 2.81. The van der Waals surface area contributed by atoms with Crippen molar-refractivity contribution in [1.29, 1.82) is 0 Å². The second-order valence-electron chi connectivity index (χ2n) is 5.22. The highest BCUT2D eigenvalue weighted by molar-refractivity contribution is 6.07. The van der Waals surface area contributed by atoms with Crippen molar-refractivity contribution in [2.24, 2.45) is 0 Å². The molecule has 4 nitrogen and oxygen atoms in total. The Kier molecular flexibility index (Phi) is 2.82. The number of rotatable bonds is 2. The van der Waals surface area contributed by atoms with Crippen LogP contribution in [0.3, 0.4) is 0 Å². The second kappa shape index (κ2) is 4.84. The van der Waals surface area contributed by atoms with Crippen LogP contribution in [0, 0.1) is 0 Å².